The molecule has 37 heavy (non-hydrogen) atoms. The highest BCUT2D eigenvalue weighted by molar-refractivity contribution is 6.34. The van der Waals surface area contributed by atoms with E-state index >= 15 is 0 Å². The molecule has 8 heteroatoms. The van der Waals surface area contributed by atoms with Gasteiger partial charge in [-0.2, -0.15) is 0 Å². The molecule has 1 aliphatic rings. The van der Waals surface area contributed by atoms with Crippen LogP contribution in [0.1, 0.15) is 27.2 Å². The minimum Gasteiger partial charge on any atom is -0.490 e. The molecule has 1 aromatic heterocycles. The SMILES string of the molecule is Cc1ccc2c(c1)N(C)C[C@@H](COc1ccc(C(=O)n3c(C)c(CC(=O)O)c4ccccc43)c(Cl)c1)O2. The third kappa shape index (κ3) is 4.74. The summed E-state index contributed by atoms with van der Waals surface area (Å²) in [6.45, 7) is 4.80. The molecule has 190 valence electrons. The number of likely N-dealkylation sites (N-methyl/N-ethyl adjacent to an activating group) is 1. The van der Waals surface area contributed by atoms with Gasteiger partial charge in [0.25, 0.3) is 5.91 Å². The van der Waals surface area contributed by atoms with E-state index in [-0.39, 0.29) is 23.5 Å². The average molecular weight is 519 g/mol. The van der Waals surface area contributed by atoms with Crippen LogP contribution in [0.3, 0.4) is 0 Å². The molecule has 0 radical (unpaired) electrons. The fourth-order valence-corrected chi connectivity index (χ4v) is 5.12. The summed E-state index contributed by atoms with van der Waals surface area (Å²) in [5.74, 6) is 0.0717. The molecule has 0 saturated carbocycles. The van der Waals surface area contributed by atoms with Gasteiger partial charge < -0.3 is 19.5 Å². The number of carboxylic acid groups (broad SMARTS) is 1. The summed E-state index contributed by atoms with van der Waals surface area (Å²) in [5, 5.41) is 10.4. The van der Waals surface area contributed by atoms with Gasteiger partial charge in [-0.3, -0.25) is 14.2 Å². The van der Waals surface area contributed by atoms with Gasteiger partial charge in [0, 0.05) is 18.1 Å². The van der Waals surface area contributed by atoms with Crippen molar-refractivity contribution in [1.82, 2.24) is 4.57 Å². The number of halogens is 1. The molecule has 0 spiro atoms. The monoisotopic (exact) mass is 518 g/mol. The fourth-order valence-electron chi connectivity index (χ4n) is 4.87. The molecule has 0 aliphatic carbocycles. The second kappa shape index (κ2) is 9.82. The number of hydrogen-bond donors (Lipinski definition) is 1. The van der Waals surface area contributed by atoms with E-state index in [2.05, 4.69) is 17.9 Å². The summed E-state index contributed by atoms with van der Waals surface area (Å²) in [6.07, 6.45) is -0.336. The van der Waals surface area contributed by atoms with E-state index < -0.39 is 5.97 Å². The first-order valence-corrected chi connectivity index (χ1v) is 12.4. The Labute approximate surface area is 219 Å². The van der Waals surface area contributed by atoms with Crippen LogP contribution in [0, 0.1) is 13.8 Å². The van der Waals surface area contributed by atoms with Gasteiger partial charge in [-0.1, -0.05) is 35.9 Å². The van der Waals surface area contributed by atoms with E-state index in [1.807, 2.05) is 37.4 Å². The number of carbonyl (C=O) groups is 2. The number of nitrogens with zero attached hydrogens (tertiary/aromatic N) is 2. The number of carboxylic acids is 1. The molecule has 1 aliphatic heterocycles. The van der Waals surface area contributed by atoms with Crippen molar-refractivity contribution in [2.45, 2.75) is 26.4 Å². The molecule has 3 aromatic carbocycles. The number of ether oxygens (including phenoxy) is 2. The molecule has 1 N–H and O–H groups in total. The molecule has 0 unspecified atom stereocenters. The Balaban J connectivity index is 1.35. The van der Waals surface area contributed by atoms with Gasteiger partial charge in [0.2, 0.25) is 0 Å². The van der Waals surface area contributed by atoms with Crippen molar-refractivity contribution in [2.75, 3.05) is 25.1 Å². The van der Waals surface area contributed by atoms with Gasteiger partial charge in [-0.05, 0) is 61.4 Å². The van der Waals surface area contributed by atoms with Crippen LogP contribution < -0.4 is 14.4 Å². The molecule has 7 nitrogen and oxygen atoms in total. The summed E-state index contributed by atoms with van der Waals surface area (Å²) >= 11 is 6.55. The zero-order valence-corrected chi connectivity index (χ0v) is 21.6. The highest BCUT2D eigenvalue weighted by atomic mass is 35.5. The second-order valence-electron chi connectivity index (χ2n) is 9.34. The lowest BCUT2D eigenvalue weighted by Crippen LogP contribution is -2.41. The molecule has 0 bridgehead atoms. The number of aromatic nitrogens is 1. The van der Waals surface area contributed by atoms with Crippen molar-refractivity contribution in [3.63, 3.8) is 0 Å². The Morgan fingerprint density at radius 1 is 1.11 bits per heavy atom. The Bertz CT molecular complexity index is 1530. The van der Waals surface area contributed by atoms with Crippen molar-refractivity contribution >= 4 is 40.1 Å². The quantitative estimate of drug-likeness (QED) is 0.363. The predicted octanol–water partition coefficient (Wildman–Crippen LogP) is 5.50. The number of rotatable bonds is 6. The zero-order chi connectivity index (χ0) is 26.3. The van der Waals surface area contributed by atoms with E-state index in [0.29, 0.717) is 41.2 Å². The number of para-hydroxylation sites is 1. The van der Waals surface area contributed by atoms with E-state index in [1.54, 1.807) is 31.2 Å². The molecule has 0 fully saturated rings. The Morgan fingerprint density at radius 2 is 1.89 bits per heavy atom. The van der Waals surface area contributed by atoms with Gasteiger partial charge in [0.05, 0.1) is 34.8 Å². The van der Waals surface area contributed by atoms with Crippen molar-refractivity contribution in [1.29, 1.82) is 0 Å². The van der Waals surface area contributed by atoms with Gasteiger partial charge in [-0.15, -0.1) is 0 Å². The minimum atomic E-state index is -0.954. The van der Waals surface area contributed by atoms with Crippen LogP contribution in [0.15, 0.2) is 60.7 Å². The maximum absolute atomic E-state index is 13.6. The molecule has 5 rings (SSSR count). The van der Waals surface area contributed by atoms with E-state index in [1.165, 1.54) is 10.1 Å². The molecule has 1 atom stereocenters. The van der Waals surface area contributed by atoms with Crippen LogP contribution in [0.4, 0.5) is 5.69 Å². The van der Waals surface area contributed by atoms with Crippen molar-refractivity contribution in [3.8, 4) is 11.5 Å². The zero-order valence-electron chi connectivity index (χ0n) is 20.8. The van der Waals surface area contributed by atoms with Crippen LogP contribution in [-0.4, -0.2) is 47.9 Å². The second-order valence-corrected chi connectivity index (χ2v) is 9.74. The first-order chi connectivity index (χ1) is 17.7. The standard InChI is InChI=1S/C29H27ClN2O5/c1-17-8-11-27-26(12-17)31(3)15-20(37-27)16-36-19-9-10-22(24(30)13-19)29(35)32-18(2)23(14-28(33)34)21-6-4-5-7-25(21)32/h4-13,20H,14-16H2,1-3H3,(H,33,34)/t20-/m0/s1. The largest absolute Gasteiger partial charge is 0.490 e. The summed E-state index contributed by atoms with van der Waals surface area (Å²) < 4.78 is 13.6. The van der Waals surface area contributed by atoms with Crippen molar-refractivity contribution < 1.29 is 24.2 Å². The maximum Gasteiger partial charge on any atom is 0.307 e. The van der Waals surface area contributed by atoms with Crippen LogP contribution >= 0.6 is 11.6 Å². The number of hydrogen-bond acceptors (Lipinski definition) is 5. The lowest BCUT2D eigenvalue weighted by atomic mass is 10.1. The van der Waals surface area contributed by atoms with Crippen LogP contribution in [0.2, 0.25) is 5.02 Å². The molecular weight excluding hydrogens is 492 g/mol. The summed E-state index contributed by atoms with van der Waals surface area (Å²) in [4.78, 5) is 27.1. The maximum atomic E-state index is 13.6. The van der Waals surface area contributed by atoms with Gasteiger partial charge in [0.1, 0.15) is 24.2 Å². The van der Waals surface area contributed by atoms with Crippen LogP contribution in [0.5, 0.6) is 11.5 Å². The molecule has 0 saturated heterocycles. The van der Waals surface area contributed by atoms with Gasteiger partial charge in [0.15, 0.2) is 0 Å². The molecule has 2 heterocycles. The predicted molar refractivity (Wildman–Crippen MR) is 144 cm³/mol. The van der Waals surface area contributed by atoms with Gasteiger partial charge in [-0.25, -0.2) is 0 Å². The molecular formula is C29H27ClN2O5. The Hall–Kier alpha value is -3.97. The van der Waals surface area contributed by atoms with Crippen LogP contribution in [-0.2, 0) is 11.2 Å². The Kier molecular flexibility index (Phi) is 6.56. The molecule has 4 aromatic rings. The lowest BCUT2D eigenvalue weighted by Gasteiger charge is -2.34. The average Bonchev–Trinajstić information content (AvgIpc) is 3.13. The highest BCUT2D eigenvalue weighted by Crippen LogP contribution is 2.34. The number of aryl methyl sites for hydroxylation is 1. The smallest absolute Gasteiger partial charge is 0.307 e. The normalized spacial score (nSPS) is 14.8. The molecule has 0 amide bonds. The van der Waals surface area contributed by atoms with Crippen molar-refractivity contribution in [2.24, 2.45) is 0 Å². The summed E-state index contributed by atoms with van der Waals surface area (Å²) in [7, 11) is 2.03. The fraction of sp³-hybridized carbons (Fsp3) is 0.241. The number of carbonyl (C=O) groups excluding carboxylic acids is 1. The first-order valence-electron chi connectivity index (χ1n) is 12.0. The topological polar surface area (TPSA) is 81.0 Å². The van der Waals surface area contributed by atoms with E-state index in [4.69, 9.17) is 21.1 Å². The third-order valence-corrected chi connectivity index (χ3v) is 6.99. The number of aliphatic carboxylic acids is 1. The minimum absolute atomic E-state index is 0.165. The van der Waals surface area contributed by atoms with Crippen LogP contribution in [0.25, 0.3) is 10.9 Å². The summed E-state index contributed by atoms with van der Waals surface area (Å²) in [6, 6.07) is 18.3. The van der Waals surface area contributed by atoms with E-state index in [9.17, 15) is 14.7 Å². The highest BCUT2D eigenvalue weighted by Gasteiger charge is 2.25. The first kappa shape index (κ1) is 24.7. The number of benzene rings is 3. The van der Waals surface area contributed by atoms with Gasteiger partial charge >= 0.3 is 5.97 Å². The Morgan fingerprint density at radius 3 is 2.65 bits per heavy atom. The summed E-state index contributed by atoms with van der Waals surface area (Å²) in [5.41, 5.74) is 4.38. The van der Waals surface area contributed by atoms with E-state index in [0.717, 1.165) is 16.8 Å². The number of fused-ring (bicyclic) bond motifs is 2. The lowest BCUT2D eigenvalue weighted by molar-refractivity contribution is -0.136. The van der Waals surface area contributed by atoms with Crippen molar-refractivity contribution in [3.05, 3.63) is 88.1 Å². The number of anilines is 1. The third-order valence-electron chi connectivity index (χ3n) is 6.68.